The topological polar surface area (TPSA) is 56.1 Å². The zero-order valence-corrected chi connectivity index (χ0v) is 12.1. The Balaban J connectivity index is 2.77. The van der Waals surface area contributed by atoms with Crippen molar-refractivity contribution < 1.29 is 9.53 Å². The number of hydrogen-bond acceptors (Lipinski definition) is 4. The van der Waals surface area contributed by atoms with Gasteiger partial charge in [-0.1, -0.05) is 13.8 Å². The molecule has 0 aromatic carbocycles. The number of hydrogen-bond donors (Lipinski definition) is 1. The van der Waals surface area contributed by atoms with Crippen LogP contribution in [0.3, 0.4) is 0 Å². The van der Waals surface area contributed by atoms with Gasteiger partial charge < -0.3 is 4.74 Å². The Hall–Kier alpha value is -1.36. The van der Waals surface area contributed by atoms with Crippen LogP contribution in [0.5, 0.6) is 0 Å². The van der Waals surface area contributed by atoms with Gasteiger partial charge in [0.15, 0.2) is 0 Å². The zero-order chi connectivity index (χ0) is 13.9. The molecule has 0 amide bonds. The molecule has 0 radical (unpaired) electrons. The number of nitrogens with zero attached hydrogens (tertiary/aromatic N) is 2. The molecular weight excluding hydrogens is 230 g/mol. The molecule has 1 rings (SSSR count). The number of ether oxygens (including phenoxy) is 1. The lowest BCUT2D eigenvalue weighted by Crippen LogP contribution is -2.47. The third kappa shape index (κ3) is 3.32. The summed E-state index contributed by atoms with van der Waals surface area (Å²) in [5.41, 5.74) is 1.48. The number of carbonyl (C=O) groups is 1. The maximum absolute atomic E-state index is 11.6. The van der Waals surface area contributed by atoms with Gasteiger partial charge in [0.1, 0.15) is 5.54 Å². The average Bonchev–Trinajstić information content (AvgIpc) is 2.67. The molecular formula is C13H23N3O2. The lowest BCUT2D eigenvalue weighted by Gasteiger charge is -2.23. The molecule has 0 saturated heterocycles. The predicted molar refractivity (Wildman–Crippen MR) is 70.2 cm³/mol. The number of methoxy groups -OCH3 is 1. The molecule has 0 unspecified atom stereocenters. The summed E-state index contributed by atoms with van der Waals surface area (Å²) in [5, 5.41) is 7.64. The van der Waals surface area contributed by atoms with Crippen LogP contribution < -0.4 is 5.32 Å². The van der Waals surface area contributed by atoms with E-state index < -0.39 is 5.54 Å². The quantitative estimate of drug-likeness (QED) is 0.810. The van der Waals surface area contributed by atoms with Gasteiger partial charge >= 0.3 is 5.97 Å². The van der Waals surface area contributed by atoms with E-state index in [0.717, 1.165) is 11.3 Å². The Kier molecular flexibility index (Phi) is 4.51. The summed E-state index contributed by atoms with van der Waals surface area (Å²) in [5.74, 6) is 0.0988. The number of esters is 1. The van der Waals surface area contributed by atoms with Crippen molar-refractivity contribution in [3.8, 4) is 0 Å². The van der Waals surface area contributed by atoms with Crippen LogP contribution in [0, 0.1) is 0 Å². The van der Waals surface area contributed by atoms with Gasteiger partial charge in [0, 0.05) is 25.4 Å². The molecule has 0 saturated carbocycles. The molecule has 0 aliphatic carbocycles. The summed E-state index contributed by atoms with van der Waals surface area (Å²) in [6.45, 7) is 8.44. The van der Waals surface area contributed by atoms with Crippen LogP contribution in [0.2, 0.25) is 0 Å². The number of nitrogens with one attached hydrogen (secondary N) is 1. The maximum Gasteiger partial charge on any atom is 0.325 e. The third-order valence-electron chi connectivity index (χ3n) is 2.90. The molecule has 0 aliphatic heterocycles. The van der Waals surface area contributed by atoms with Crippen molar-refractivity contribution in [2.24, 2.45) is 7.05 Å². The van der Waals surface area contributed by atoms with Crippen LogP contribution in [0.1, 0.15) is 44.9 Å². The first kappa shape index (κ1) is 14.7. The summed E-state index contributed by atoms with van der Waals surface area (Å²) in [6, 6.07) is 0. The largest absolute Gasteiger partial charge is 0.468 e. The normalized spacial score (nSPS) is 11.9. The van der Waals surface area contributed by atoms with Gasteiger partial charge in [0.05, 0.1) is 12.8 Å². The first-order chi connectivity index (χ1) is 8.27. The Morgan fingerprint density at radius 2 is 2.17 bits per heavy atom. The molecule has 5 nitrogen and oxygen atoms in total. The fraction of sp³-hybridized carbons (Fsp3) is 0.692. The second kappa shape index (κ2) is 5.52. The van der Waals surface area contributed by atoms with Gasteiger partial charge in [-0.2, -0.15) is 5.10 Å². The summed E-state index contributed by atoms with van der Waals surface area (Å²) in [4.78, 5) is 11.6. The minimum absolute atomic E-state index is 0.266. The molecule has 1 aromatic rings. The van der Waals surface area contributed by atoms with Crippen molar-refractivity contribution in [2.75, 3.05) is 7.11 Å². The number of carbonyl (C=O) groups excluding carboxylic acids is 1. The Morgan fingerprint density at radius 3 is 2.67 bits per heavy atom. The van der Waals surface area contributed by atoms with Gasteiger partial charge in [0.25, 0.3) is 0 Å². The van der Waals surface area contributed by atoms with Crippen molar-refractivity contribution in [1.82, 2.24) is 15.1 Å². The average molecular weight is 253 g/mol. The fourth-order valence-corrected chi connectivity index (χ4v) is 1.82. The Bertz CT molecular complexity index is 422. The molecule has 0 aliphatic rings. The molecule has 1 N–H and O–H groups in total. The number of aromatic nitrogens is 2. The van der Waals surface area contributed by atoms with E-state index in [9.17, 15) is 4.79 Å². The van der Waals surface area contributed by atoms with E-state index in [-0.39, 0.29) is 5.97 Å². The number of aryl methyl sites for hydroxylation is 1. The predicted octanol–water partition coefficient (Wildman–Crippen LogP) is 1.58. The molecule has 1 aromatic heterocycles. The van der Waals surface area contributed by atoms with Crippen molar-refractivity contribution in [3.05, 3.63) is 17.5 Å². The standard InChI is InChI=1S/C13H23N3O2/c1-9(2)11-10(8-16(5)15-11)7-14-13(3,4)12(17)18-6/h8-9,14H,7H2,1-6H3. The Morgan fingerprint density at radius 1 is 1.56 bits per heavy atom. The number of rotatable bonds is 5. The van der Waals surface area contributed by atoms with E-state index in [1.165, 1.54) is 7.11 Å². The van der Waals surface area contributed by atoms with Crippen LogP contribution in [0.4, 0.5) is 0 Å². The zero-order valence-electron chi connectivity index (χ0n) is 12.1. The summed E-state index contributed by atoms with van der Waals surface area (Å²) >= 11 is 0. The molecule has 1 heterocycles. The third-order valence-corrected chi connectivity index (χ3v) is 2.90. The van der Waals surface area contributed by atoms with Crippen LogP contribution >= 0.6 is 0 Å². The second-order valence-corrected chi connectivity index (χ2v) is 5.34. The van der Waals surface area contributed by atoms with E-state index in [2.05, 4.69) is 24.3 Å². The van der Waals surface area contributed by atoms with E-state index in [4.69, 9.17) is 4.74 Å². The molecule has 0 fully saturated rings. The minimum Gasteiger partial charge on any atom is -0.468 e. The Labute approximate surface area is 109 Å². The monoisotopic (exact) mass is 253 g/mol. The highest BCUT2D eigenvalue weighted by atomic mass is 16.5. The van der Waals surface area contributed by atoms with Gasteiger partial charge in [-0.05, 0) is 19.8 Å². The van der Waals surface area contributed by atoms with Gasteiger partial charge in [0.2, 0.25) is 0 Å². The summed E-state index contributed by atoms with van der Waals surface area (Å²) < 4.78 is 6.57. The molecule has 18 heavy (non-hydrogen) atoms. The van der Waals surface area contributed by atoms with E-state index in [0.29, 0.717) is 12.5 Å². The summed E-state index contributed by atoms with van der Waals surface area (Å²) in [7, 11) is 3.30. The minimum atomic E-state index is -0.696. The van der Waals surface area contributed by atoms with Gasteiger partial charge in [-0.25, -0.2) is 0 Å². The van der Waals surface area contributed by atoms with Crippen LogP contribution in [0.25, 0.3) is 0 Å². The molecule has 0 atom stereocenters. The molecule has 0 spiro atoms. The SMILES string of the molecule is COC(=O)C(C)(C)NCc1cn(C)nc1C(C)C. The second-order valence-electron chi connectivity index (χ2n) is 5.34. The maximum atomic E-state index is 11.6. The smallest absolute Gasteiger partial charge is 0.325 e. The fourth-order valence-electron chi connectivity index (χ4n) is 1.82. The molecule has 5 heteroatoms. The van der Waals surface area contributed by atoms with Crippen molar-refractivity contribution in [2.45, 2.75) is 45.7 Å². The van der Waals surface area contributed by atoms with Gasteiger partial charge in [-0.15, -0.1) is 0 Å². The lowest BCUT2D eigenvalue weighted by atomic mass is 10.0. The molecule has 102 valence electrons. The van der Waals surface area contributed by atoms with Gasteiger partial charge in [-0.3, -0.25) is 14.8 Å². The van der Waals surface area contributed by atoms with Crippen LogP contribution in [0.15, 0.2) is 6.20 Å². The van der Waals surface area contributed by atoms with Crippen molar-refractivity contribution in [1.29, 1.82) is 0 Å². The highest BCUT2D eigenvalue weighted by molar-refractivity contribution is 5.79. The van der Waals surface area contributed by atoms with Crippen LogP contribution in [-0.2, 0) is 23.1 Å². The summed E-state index contributed by atoms with van der Waals surface area (Å²) in [6.07, 6.45) is 1.98. The van der Waals surface area contributed by atoms with Crippen molar-refractivity contribution >= 4 is 5.97 Å². The lowest BCUT2D eigenvalue weighted by molar-refractivity contribution is -0.147. The first-order valence-electron chi connectivity index (χ1n) is 6.13. The highest BCUT2D eigenvalue weighted by Crippen LogP contribution is 2.18. The molecule has 0 bridgehead atoms. The van der Waals surface area contributed by atoms with Crippen LogP contribution in [-0.4, -0.2) is 28.4 Å². The highest BCUT2D eigenvalue weighted by Gasteiger charge is 2.28. The van der Waals surface area contributed by atoms with Crippen molar-refractivity contribution in [3.63, 3.8) is 0 Å². The van der Waals surface area contributed by atoms with E-state index in [1.54, 1.807) is 4.68 Å². The van der Waals surface area contributed by atoms with E-state index >= 15 is 0 Å². The van der Waals surface area contributed by atoms with E-state index in [1.807, 2.05) is 27.1 Å². The first-order valence-corrected chi connectivity index (χ1v) is 6.13.